The molecule has 0 fully saturated rings. The third-order valence-electron chi connectivity index (χ3n) is 3.05. The molecule has 0 amide bonds. The molecule has 0 saturated heterocycles. The number of rotatable bonds is 6. The van der Waals surface area contributed by atoms with Crippen molar-refractivity contribution in [2.75, 3.05) is 13.1 Å². The second kappa shape index (κ2) is 5.14. The van der Waals surface area contributed by atoms with E-state index in [1.54, 1.807) is 13.3 Å². The molecule has 0 bridgehead atoms. The van der Waals surface area contributed by atoms with Gasteiger partial charge >= 0.3 is 5.97 Å². The number of nitrogens with zero attached hydrogens (tertiary/aromatic N) is 2. The predicted octanol–water partition coefficient (Wildman–Crippen LogP) is 1.75. The summed E-state index contributed by atoms with van der Waals surface area (Å²) in [5.74, 6) is -0.744. The van der Waals surface area contributed by atoms with Crippen LogP contribution in [0, 0.1) is 0 Å². The van der Waals surface area contributed by atoms with Crippen LogP contribution in [0.15, 0.2) is 4.99 Å². The number of aliphatic carboxylic acids is 1. The molecular formula is C11H20N2O2. The van der Waals surface area contributed by atoms with Crippen molar-refractivity contribution in [1.29, 1.82) is 0 Å². The van der Waals surface area contributed by atoms with E-state index in [1.165, 1.54) is 0 Å². The quantitative estimate of drug-likeness (QED) is 0.682. The Morgan fingerprint density at radius 1 is 1.60 bits per heavy atom. The van der Waals surface area contributed by atoms with Crippen LogP contribution in [0.4, 0.5) is 0 Å². The van der Waals surface area contributed by atoms with E-state index in [2.05, 4.69) is 11.9 Å². The van der Waals surface area contributed by atoms with E-state index in [9.17, 15) is 9.90 Å². The molecule has 1 rings (SSSR count). The van der Waals surface area contributed by atoms with E-state index in [0.29, 0.717) is 6.42 Å². The van der Waals surface area contributed by atoms with Crippen LogP contribution in [0.1, 0.15) is 39.5 Å². The number of hydrogen-bond acceptors (Lipinski definition) is 3. The topological polar surface area (TPSA) is 52.9 Å². The second-order valence-corrected chi connectivity index (χ2v) is 4.25. The van der Waals surface area contributed by atoms with Crippen molar-refractivity contribution in [1.82, 2.24) is 4.90 Å². The molecular weight excluding hydrogens is 192 g/mol. The highest BCUT2D eigenvalue weighted by Crippen LogP contribution is 2.23. The summed E-state index contributed by atoms with van der Waals surface area (Å²) in [6.07, 6.45) is 5.55. The molecule has 0 spiro atoms. The number of aliphatic imine (C=N–C) groups is 1. The first kappa shape index (κ1) is 12.0. The van der Waals surface area contributed by atoms with Gasteiger partial charge in [0.25, 0.3) is 0 Å². The zero-order valence-electron chi connectivity index (χ0n) is 9.57. The molecule has 15 heavy (non-hydrogen) atoms. The molecule has 1 N–H and O–H groups in total. The highest BCUT2D eigenvalue weighted by molar-refractivity contribution is 5.82. The summed E-state index contributed by atoms with van der Waals surface area (Å²) in [5, 5.41) is 9.29. The van der Waals surface area contributed by atoms with Gasteiger partial charge < -0.3 is 10.0 Å². The Bertz CT molecular complexity index is 253. The van der Waals surface area contributed by atoms with Crippen molar-refractivity contribution in [3.05, 3.63) is 0 Å². The van der Waals surface area contributed by atoms with E-state index in [1.807, 2.05) is 4.90 Å². The Morgan fingerprint density at radius 2 is 2.33 bits per heavy atom. The Kier molecular flexibility index (Phi) is 4.12. The van der Waals surface area contributed by atoms with Crippen LogP contribution < -0.4 is 0 Å². The first-order valence-corrected chi connectivity index (χ1v) is 5.61. The molecule has 1 aliphatic rings. The molecule has 1 heterocycles. The van der Waals surface area contributed by atoms with Crippen LogP contribution in [0.5, 0.6) is 0 Å². The monoisotopic (exact) mass is 212 g/mol. The normalized spacial score (nSPS) is 19.2. The fraction of sp³-hybridized carbons (Fsp3) is 0.818. The zero-order valence-corrected chi connectivity index (χ0v) is 9.57. The van der Waals surface area contributed by atoms with Crippen molar-refractivity contribution < 1.29 is 9.90 Å². The van der Waals surface area contributed by atoms with Gasteiger partial charge in [0.15, 0.2) is 0 Å². The molecule has 1 atom stereocenters. The van der Waals surface area contributed by atoms with Gasteiger partial charge in [-0.25, -0.2) is 4.79 Å². The van der Waals surface area contributed by atoms with Gasteiger partial charge in [-0.2, -0.15) is 0 Å². The molecule has 0 aromatic heterocycles. The van der Waals surface area contributed by atoms with Crippen LogP contribution in [0.2, 0.25) is 0 Å². The lowest BCUT2D eigenvalue weighted by atomic mass is 9.93. The van der Waals surface area contributed by atoms with Gasteiger partial charge in [-0.05, 0) is 13.3 Å². The van der Waals surface area contributed by atoms with Gasteiger partial charge in [0.05, 0.1) is 12.9 Å². The van der Waals surface area contributed by atoms with Crippen LogP contribution in [0.3, 0.4) is 0 Å². The molecule has 0 aromatic carbocycles. The lowest BCUT2D eigenvalue weighted by molar-refractivity contribution is -0.148. The average molecular weight is 212 g/mol. The van der Waals surface area contributed by atoms with Crippen LogP contribution in [-0.4, -0.2) is 40.9 Å². The maximum Gasteiger partial charge on any atom is 0.329 e. The minimum atomic E-state index is -0.769. The molecule has 4 heteroatoms. The first-order valence-electron chi connectivity index (χ1n) is 5.61. The molecule has 4 nitrogen and oxygen atoms in total. The summed E-state index contributed by atoms with van der Waals surface area (Å²) in [4.78, 5) is 17.2. The Morgan fingerprint density at radius 3 is 2.80 bits per heavy atom. The van der Waals surface area contributed by atoms with E-state index in [0.717, 1.165) is 32.4 Å². The van der Waals surface area contributed by atoms with Gasteiger partial charge in [-0.1, -0.05) is 26.2 Å². The summed E-state index contributed by atoms with van der Waals surface area (Å²) in [5.41, 5.74) is -0.769. The van der Waals surface area contributed by atoms with Crippen molar-refractivity contribution in [3.63, 3.8) is 0 Å². The number of carbonyl (C=O) groups is 1. The molecule has 0 radical (unpaired) electrons. The van der Waals surface area contributed by atoms with Gasteiger partial charge in [0.2, 0.25) is 0 Å². The summed E-state index contributed by atoms with van der Waals surface area (Å²) in [6, 6.07) is 0. The Balaban J connectivity index is 2.60. The first-order chi connectivity index (χ1) is 7.11. The molecule has 86 valence electrons. The van der Waals surface area contributed by atoms with Crippen molar-refractivity contribution in [3.8, 4) is 0 Å². The summed E-state index contributed by atoms with van der Waals surface area (Å²) in [7, 11) is 0. The van der Waals surface area contributed by atoms with Crippen LogP contribution in [-0.2, 0) is 4.79 Å². The summed E-state index contributed by atoms with van der Waals surface area (Å²) >= 11 is 0. The Labute approximate surface area is 91.0 Å². The number of unbranched alkanes of at least 4 members (excludes halogenated alkanes) is 2. The fourth-order valence-electron chi connectivity index (χ4n) is 1.85. The SMILES string of the molecule is CCCCCC(C)(C(=O)O)N1C=NCC1. The number of carboxylic acids is 1. The number of hydrogen-bond donors (Lipinski definition) is 1. The van der Waals surface area contributed by atoms with E-state index in [4.69, 9.17) is 0 Å². The van der Waals surface area contributed by atoms with E-state index >= 15 is 0 Å². The van der Waals surface area contributed by atoms with E-state index < -0.39 is 11.5 Å². The molecule has 1 unspecified atom stereocenters. The largest absolute Gasteiger partial charge is 0.480 e. The standard InChI is InChI=1S/C11H20N2O2/c1-3-4-5-6-11(2,10(14)15)13-8-7-12-9-13/h9H,3-8H2,1-2H3,(H,14,15). The summed E-state index contributed by atoms with van der Waals surface area (Å²) < 4.78 is 0. The maximum atomic E-state index is 11.3. The number of carboxylic acid groups (broad SMARTS) is 1. The van der Waals surface area contributed by atoms with E-state index in [-0.39, 0.29) is 0 Å². The molecule has 0 aromatic rings. The third-order valence-corrected chi connectivity index (χ3v) is 3.05. The predicted molar refractivity (Wildman–Crippen MR) is 60.2 cm³/mol. The van der Waals surface area contributed by atoms with Crippen molar-refractivity contribution >= 4 is 12.3 Å². The smallest absolute Gasteiger partial charge is 0.329 e. The summed E-state index contributed by atoms with van der Waals surface area (Å²) in [6.45, 7) is 5.36. The van der Waals surface area contributed by atoms with Gasteiger partial charge in [0.1, 0.15) is 5.54 Å². The van der Waals surface area contributed by atoms with Gasteiger partial charge in [-0.15, -0.1) is 0 Å². The molecule has 0 saturated carbocycles. The molecule has 0 aliphatic carbocycles. The van der Waals surface area contributed by atoms with Crippen LogP contribution >= 0.6 is 0 Å². The maximum absolute atomic E-state index is 11.3. The van der Waals surface area contributed by atoms with Crippen molar-refractivity contribution in [2.45, 2.75) is 45.1 Å². The third kappa shape index (κ3) is 2.70. The van der Waals surface area contributed by atoms with Crippen LogP contribution in [0.25, 0.3) is 0 Å². The highest BCUT2D eigenvalue weighted by atomic mass is 16.4. The molecule has 1 aliphatic heterocycles. The van der Waals surface area contributed by atoms with Gasteiger partial charge in [-0.3, -0.25) is 4.99 Å². The lowest BCUT2D eigenvalue weighted by Crippen LogP contribution is -2.51. The Hall–Kier alpha value is -1.06. The van der Waals surface area contributed by atoms with Crippen molar-refractivity contribution in [2.24, 2.45) is 4.99 Å². The average Bonchev–Trinajstić information content (AvgIpc) is 2.70. The minimum absolute atomic E-state index is 0.697. The highest BCUT2D eigenvalue weighted by Gasteiger charge is 2.38. The second-order valence-electron chi connectivity index (χ2n) is 4.25. The lowest BCUT2D eigenvalue weighted by Gasteiger charge is -2.34. The zero-order chi connectivity index (χ0) is 11.3. The van der Waals surface area contributed by atoms with Gasteiger partial charge in [0, 0.05) is 6.54 Å². The fourth-order valence-corrected chi connectivity index (χ4v) is 1.85. The minimum Gasteiger partial charge on any atom is -0.480 e.